The second kappa shape index (κ2) is 9.66. The summed E-state index contributed by atoms with van der Waals surface area (Å²) < 4.78 is 77.3. The number of hydrogen-bond acceptors (Lipinski definition) is 3. The first kappa shape index (κ1) is 24.3. The van der Waals surface area contributed by atoms with E-state index in [-0.39, 0.29) is 43.2 Å². The van der Waals surface area contributed by atoms with Crippen LogP contribution in [0.1, 0.15) is 35.7 Å². The quantitative estimate of drug-likeness (QED) is 0.585. The van der Waals surface area contributed by atoms with Gasteiger partial charge < -0.3 is 5.32 Å². The maximum atomic E-state index is 13.0. The molecule has 1 aromatic heterocycles. The van der Waals surface area contributed by atoms with Gasteiger partial charge in [0.2, 0.25) is 5.91 Å². The fraction of sp³-hybridized carbons (Fsp3) is 0.429. The van der Waals surface area contributed by atoms with Gasteiger partial charge in [-0.1, -0.05) is 41.9 Å². The normalized spacial score (nSPS) is 17.2. The summed E-state index contributed by atoms with van der Waals surface area (Å²) in [6.07, 6.45) is -8.48. The van der Waals surface area contributed by atoms with Crippen LogP contribution < -0.4 is 5.32 Å². The number of nitrogens with zero attached hydrogens (tertiary/aromatic N) is 2. The maximum Gasteiger partial charge on any atom is 0.417 e. The second-order valence-corrected chi connectivity index (χ2v) is 7.94. The van der Waals surface area contributed by atoms with Crippen molar-refractivity contribution >= 4 is 17.5 Å². The molecular weight excluding hydrogens is 460 g/mol. The molecule has 1 aliphatic rings. The van der Waals surface area contributed by atoms with E-state index in [1.54, 1.807) is 35.2 Å². The van der Waals surface area contributed by atoms with Crippen LogP contribution in [0.5, 0.6) is 0 Å². The number of alkyl halides is 6. The lowest BCUT2D eigenvalue weighted by Crippen LogP contribution is -2.46. The van der Waals surface area contributed by atoms with Crippen molar-refractivity contribution in [3.63, 3.8) is 0 Å². The van der Waals surface area contributed by atoms with Crippen molar-refractivity contribution in [2.75, 3.05) is 13.1 Å². The third-order valence-corrected chi connectivity index (χ3v) is 5.72. The minimum Gasteiger partial charge on any atom is -0.349 e. The van der Waals surface area contributed by atoms with Crippen molar-refractivity contribution < 1.29 is 31.1 Å². The van der Waals surface area contributed by atoms with E-state index in [0.717, 1.165) is 6.07 Å². The SMILES string of the molecule is O=C(NCc1ncc(C(F)(F)F)cc1Cl)[C@H](c1ccccc1)N1CCC(C(F)(F)F)CC1. The van der Waals surface area contributed by atoms with Gasteiger partial charge in [0, 0.05) is 6.20 Å². The molecule has 0 radical (unpaired) electrons. The van der Waals surface area contributed by atoms with Crippen molar-refractivity contribution in [3.8, 4) is 0 Å². The molecule has 0 unspecified atom stereocenters. The average Bonchev–Trinajstić information content (AvgIpc) is 2.73. The lowest BCUT2D eigenvalue weighted by atomic mass is 9.93. The van der Waals surface area contributed by atoms with Crippen LogP contribution in [-0.4, -0.2) is 35.1 Å². The highest BCUT2D eigenvalue weighted by atomic mass is 35.5. The molecule has 1 fully saturated rings. The lowest BCUT2D eigenvalue weighted by Gasteiger charge is -2.37. The van der Waals surface area contributed by atoms with Crippen LogP contribution in [0.25, 0.3) is 0 Å². The van der Waals surface area contributed by atoms with Crippen LogP contribution >= 0.6 is 11.6 Å². The number of amides is 1. The standard InChI is InChI=1S/C21H20ClF6N3O/c22-16-10-15(21(26,27)28)11-29-17(16)12-30-19(32)18(13-4-2-1-3-5-13)31-8-6-14(7-9-31)20(23,24)25/h1-5,10-11,14,18H,6-9,12H2,(H,30,32)/t18-/m0/s1. The molecule has 11 heteroatoms. The minimum absolute atomic E-state index is 0.0515. The Labute approximate surface area is 185 Å². The van der Waals surface area contributed by atoms with E-state index >= 15 is 0 Å². The number of benzene rings is 1. The molecule has 0 saturated carbocycles. The zero-order valence-corrected chi connectivity index (χ0v) is 17.4. The molecule has 1 N–H and O–H groups in total. The zero-order chi connectivity index (χ0) is 23.5. The number of rotatable bonds is 5. The monoisotopic (exact) mass is 479 g/mol. The van der Waals surface area contributed by atoms with E-state index in [2.05, 4.69) is 10.3 Å². The third-order valence-electron chi connectivity index (χ3n) is 5.40. The highest BCUT2D eigenvalue weighted by Gasteiger charge is 2.43. The third kappa shape index (κ3) is 5.92. The fourth-order valence-corrected chi connectivity index (χ4v) is 3.90. The van der Waals surface area contributed by atoms with Crippen molar-refractivity contribution in [3.05, 3.63) is 64.4 Å². The molecule has 1 atom stereocenters. The Hall–Kier alpha value is -2.33. The van der Waals surface area contributed by atoms with Gasteiger partial charge in [0.05, 0.1) is 28.7 Å². The number of nitrogens with one attached hydrogen (secondary N) is 1. The maximum absolute atomic E-state index is 13.0. The van der Waals surface area contributed by atoms with E-state index in [9.17, 15) is 31.1 Å². The summed E-state index contributed by atoms with van der Waals surface area (Å²) in [4.78, 5) is 18.4. The Morgan fingerprint density at radius 1 is 1.12 bits per heavy atom. The first-order valence-corrected chi connectivity index (χ1v) is 10.2. The molecule has 1 aromatic carbocycles. The average molecular weight is 480 g/mol. The molecule has 1 amide bonds. The van der Waals surface area contributed by atoms with E-state index in [1.165, 1.54) is 0 Å². The molecule has 0 spiro atoms. The van der Waals surface area contributed by atoms with Crippen LogP contribution in [0.4, 0.5) is 26.3 Å². The minimum atomic E-state index is -4.60. The molecule has 4 nitrogen and oxygen atoms in total. The molecule has 32 heavy (non-hydrogen) atoms. The molecule has 2 heterocycles. The molecule has 0 bridgehead atoms. The van der Waals surface area contributed by atoms with Crippen LogP contribution in [0, 0.1) is 5.92 Å². The molecular formula is C21H20ClF6N3O. The van der Waals surface area contributed by atoms with Gasteiger partial charge in [0.1, 0.15) is 6.04 Å². The Morgan fingerprint density at radius 2 is 1.75 bits per heavy atom. The van der Waals surface area contributed by atoms with Crippen LogP contribution in [-0.2, 0) is 17.5 Å². The summed E-state index contributed by atoms with van der Waals surface area (Å²) in [7, 11) is 0. The highest BCUT2D eigenvalue weighted by molar-refractivity contribution is 6.31. The van der Waals surface area contributed by atoms with Crippen molar-refractivity contribution in [2.24, 2.45) is 5.92 Å². The fourth-order valence-electron chi connectivity index (χ4n) is 3.67. The molecule has 174 valence electrons. The Kier molecular flexibility index (Phi) is 7.34. The molecule has 2 aromatic rings. The smallest absolute Gasteiger partial charge is 0.349 e. The van der Waals surface area contributed by atoms with Crippen LogP contribution in [0.3, 0.4) is 0 Å². The summed E-state index contributed by atoms with van der Waals surface area (Å²) in [5.74, 6) is -1.91. The first-order chi connectivity index (χ1) is 15.0. The number of carbonyl (C=O) groups is 1. The Balaban J connectivity index is 1.73. The highest BCUT2D eigenvalue weighted by Crippen LogP contribution is 2.36. The van der Waals surface area contributed by atoms with Crippen molar-refractivity contribution in [2.45, 2.75) is 37.8 Å². The number of likely N-dealkylation sites (tertiary alicyclic amines) is 1. The van der Waals surface area contributed by atoms with Gasteiger partial charge in [-0.05, 0) is 37.6 Å². The molecule has 1 saturated heterocycles. The number of halogens is 7. The number of aromatic nitrogens is 1. The number of pyridine rings is 1. The Bertz CT molecular complexity index is 927. The largest absolute Gasteiger partial charge is 0.417 e. The topological polar surface area (TPSA) is 45.2 Å². The summed E-state index contributed by atoms with van der Waals surface area (Å²) in [5, 5.41) is 2.36. The van der Waals surface area contributed by atoms with E-state index in [1.807, 2.05) is 0 Å². The summed E-state index contributed by atoms with van der Waals surface area (Å²) in [5.41, 5.74) is -0.357. The van der Waals surface area contributed by atoms with Gasteiger partial charge >= 0.3 is 12.4 Å². The van der Waals surface area contributed by atoms with Gasteiger partial charge in [-0.3, -0.25) is 14.7 Å². The van der Waals surface area contributed by atoms with Gasteiger partial charge in [0.25, 0.3) is 0 Å². The van der Waals surface area contributed by atoms with E-state index in [0.29, 0.717) is 11.8 Å². The van der Waals surface area contributed by atoms with Gasteiger partial charge in [0.15, 0.2) is 0 Å². The summed E-state index contributed by atoms with van der Waals surface area (Å²) >= 11 is 5.89. The van der Waals surface area contributed by atoms with Crippen molar-refractivity contribution in [1.29, 1.82) is 0 Å². The van der Waals surface area contributed by atoms with Gasteiger partial charge in [-0.25, -0.2) is 0 Å². The predicted molar refractivity (Wildman–Crippen MR) is 106 cm³/mol. The van der Waals surface area contributed by atoms with Gasteiger partial charge in [-0.15, -0.1) is 0 Å². The predicted octanol–water partition coefficient (Wildman–Crippen LogP) is 5.39. The molecule has 1 aliphatic heterocycles. The van der Waals surface area contributed by atoms with E-state index < -0.39 is 35.8 Å². The van der Waals surface area contributed by atoms with Crippen LogP contribution in [0.2, 0.25) is 5.02 Å². The van der Waals surface area contributed by atoms with E-state index in [4.69, 9.17) is 11.6 Å². The lowest BCUT2D eigenvalue weighted by molar-refractivity contribution is -0.186. The molecule has 0 aliphatic carbocycles. The second-order valence-electron chi connectivity index (χ2n) is 7.53. The first-order valence-electron chi connectivity index (χ1n) is 9.82. The number of hydrogen-bond donors (Lipinski definition) is 1. The summed E-state index contributed by atoms with van der Waals surface area (Å²) in [6.45, 7) is -0.0644. The summed E-state index contributed by atoms with van der Waals surface area (Å²) in [6, 6.07) is 8.46. The Morgan fingerprint density at radius 3 is 2.28 bits per heavy atom. The van der Waals surface area contributed by atoms with Crippen molar-refractivity contribution in [1.82, 2.24) is 15.2 Å². The number of piperidine rings is 1. The van der Waals surface area contributed by atoms with Gasteiger partial charge in [-0.2, -0.15) is 26.3 Å². The van der Waals surface area contributed by atoms with Crippen LogP contribution in [0.15, 0.2) is 42.6 Å². The zero-order valence-electron chi connectivity index (χ0n) is 16.7. The molecule has 3 rings (SSSR count). The number of carbonyl (C=O) groups excluding carboxylic acids is 1.